The molecule has 1 aromatic rings. The first-order valence-electron chi connectivity index (χ1n) is 6.61. The molecule has 20 heavy (non-hydrogen) atoms. The maximum Gasteiger partial charge on any atom is 0.239 e. The van der Waals surface area contributed by atoms with E-state index in [0.29, 0.717) is 18.2 Å². The minimum absolute atomic E-state index is 0.0720. The van der Waals surface area contributed by atoms with Gasteiger partial charge in [-0.25, -0.2) is 0 Å². The largest absolute Gasteiger partial charge is 0.492 e. The van der Waals surface area contributed by atoms with Gasteiger partial charge in [-0.1, -0.05) is 32.4 Å². The maximum atomic E-state index is 12.1. The minimum atomic E-state index is -0.511. The van der Waals surface area contributed by atoms with E-state index in [-0.39, 0.29) is 11.3 Å². The zero-order valence-electron chi connectivity index (χ0n) is 12.5. The Balaban J connectivity index is 2.41. The van der Waals surface area contributed by atoms with Crippen LogP contribution in [0.3, 0.4) is 0 Å². The van der Waals surface area contributed by atoms with Crippen LogP contribution in [0.4, 0.5) is 0 Å². The molecule has 0 saturated heterocycles. The lowest BCUT2D eigenvalue weighted by molar-refractivity contribution is -0.133. The second-order valence-corrected chi connectivity index (χ2v) is 6.34. The van der Waals surface area contributed by atoms with E-state index in [2.05, 4.69) is 0 Å². The normalized spacial score (nSPS) is 12.9. The summed E-state index contributed by atoms with van der Waals surface area (Å²) in [6, 6.07) is 6.61. The fraction of sp³-hybridized carbons (Fsp3) is 0.533. The highest BCUT2D eigenvalue weighted by molar-refractivity contribution is 6.30. The quantitative estimate of drug-likeness (QED) is 0.909. The lowest BCUT2D eigenvalue weighted by atomic mass is 9.86. The third kappa shape index (κ3) is 5.02. The summed E-state index contributed by atoms with van der Waals surface area (Å²) >= 11 is 5.79. The van der Waals surface area contributed by atoms with Crippen molar-refractivity contribution in [2.24, 2.45) is 11.1 Å². The van der Waals surface area contributed by atoms with E-state index in [9.17, 15) is 4.79 Å². The van der Waals surface area contributed by atoms with Gasteiger partial charge < -0.3 is 15.4 Å². The van der Waals surface area contributed by atoms with Crippen LogP contribution in [0.25, 0.3) is 0 Å². The molecule has 0 aromatic heterocycles. The Hall–Kier alpha value is -1.26. The Labute approximate surface area is 125 Å². The zero-order chi connectivity index (χ0) is 15.3. The van der Waals surface area contributed by atoms with Gasteiger partial charge in [-0.05, 0) is 29.7 Å². The molecule has 1 unspecified atom stereocenters. The van der Waals surface area contributed by atoms with Crippen molar-refractivity contribution in [2.45, 2.75) is 26.8 Å². The summed E-state index contributed by atoms with van der Waals surface area (Å²) in [6.45, 7) is 6.76. The van der Waals surface area contributed by atoms with Gasteiger partial charge in [0.2, 0.25) is 5.91 Å². The number of ether oxygens (including phenoxy) is 1. The molecule has 0 saturated carbocycles. The molecule has 0 aliphatic rings. The number of carbonyl (C=O) groups is 1. The molecule has 0 aliphatic heterocycles. The summed E-state index contributed by atoms with van der Waals surface area (Å²) in [6.07, 6.45) is 0. The summed E-state index contributed by atoms with van der Waals surface area (Å²) in [7, 11) is 1.74. The Morgan fingerprint density at radius 3 is 2.40 bits per heavy atom. The minimum Gasteiger partial charge on any atom is -0.492 e. The van der Waals surface area contributed by atoms with Crippen LogP contribution in [-0.2, 0) is 4.79 Å². The van der Waals surface area contributed by atoms with Crippen LogP contribution in [-0.4, -0.2) is 37.0 Å². The van der Waals surface area contributed by atoms with Crippen LogP contribution < -0.4 is 10.5 Å². The first-order valence-corrected chi connectivity index (χ1v) is 6.98. The van der Waals surface area contributed by atoms with E-state index < -0.39 is 6.04 Å². The number of amides is 1. The number of halogens is 1. The van der Waals surface area contributed by atoms with Gasteiger partial charge in [0, 0.05) is 12.1 Å². The number of likely N-dealkylation sites (N-methyl/N-ethyl adjacent to an activating group) is 1. The highest BCUT2D eigenvalue weighted by atomic mass is 35.5. The number of carbonyl (C=O) groups excluding carboxylic acids is 1. The van der Waals surface area contributed by atoms with E-state index in [4.69, 9.17) is 22.1 Å². The molecule has 5 heteroatoms. The monoisotopic (exact) mass is 298 g/mol. The molecule has 4 nitrogen and oxygen atoms in total. The zero-order valence-corrected chi connectivity index (χ0v) is 13.3. The number of benzene rings is 1. The molecule has 0 heterocycles. The molecule has 2 N–H and O–H groups in total. The average Bonchev–Trinajstić information content (AvgIpc) is 2.38. The number of nitrogens with zero attached hydrogens (tertiary/aromatic N) is 1. The topological polar surface area (TPSA) is 55.6 Å². The first kappa shape index (κ1) is 16.8. The Kier molecular flexibility index (Phi) is 5.84. The van der Waals surface area contributed by atoms with E-state index >= 15 is 0 Å². The summed E-state index contributed by atoms with van der Waals surface area (Å²) in [5.74, 6) is 0.660. The molecule has 1 aromatic carbocycles. The van der Waals surface area contributed by atoms with Gasteiger partial charge in [-0.15, -0.1) is 0 Å². The summed E-state index contributed by atoms with van der Waals surface area (Å²) in [5, 5.41) is 0.667. The summed E-state index contributed by atoms with van der Waals surface area (Å²) in [5.41, 5.74) is 5.70. The average molecular weight is 299 g/mol. The molecule has 0 aliphatic carbocycles. The van der Waals surface area contributed by atoms with Crippen molar-refractivity contribution in [2.75, 3.05) is 20.2 Å². The number of rotatable bonds is 5. The summed E-state index contributed by atoms with van der Waals surface area (Å²) < 4.78 is 5.55. The fourth-order valence-corrected chi connectivity index (χ4v) is 1.68. The van der Waals surface area contributed by atoms with Crippen molar-refractivity contribution < 1.29 is 9.53 Å². The molecule has 0 radical (unpaired) electrons. The number of hydrogen-bond donors (Lipinski definition) is 1. The fourth-order valence-electron chi connectivity index (χ4n) is 1.55. The van der Waals surface area contributed by atoms with Crippen LogP contribution in [0.1, 0.15) is 20.8 Å². The van der Waals surface area contributed by atoms with Crippen molar-refractivity contribution in [3.05, 3.63) is 29.3 Å². The molecule has 1 atom stereocenters. The van der Waals surface area contributed by atoms with Crippen LogP contribution in [0, 0.1) is 5.41 Å². The smallest absolute Gasteiger partial charge is 0.239 e. The van der Waals surface area contributed by atoms with Gasteiger partial charge in [0.15, 0.2) is 0 Å². The molecular weight excluding hydrogens is 276 g/mol. The van der Waals surface area contributed by atoms with Crippen LogP contribution in [0.15, 0.2) is 24.3 Å². The van der Waals surface area contributed by atoms with Crippen molar-refractivity contribution in [1.82, 2.24) is 4.90 Å². The van der Waals surface area contributed by atoms with Gasteiger partial charge in [0.1, 0.15) is 12.4 Å². The molecule has 0 fully saturated rings. The molecule has 112 valence electrons. The Morgan fingerprint density at radius 1 is 1.35 bits per heavy atom. The Morgan fingerprint density at radius 2 is 1.90 bits per heavy atom. The van der Waals surface area contributed by atoms with Gasteiger partial charge >= 0.3 is 0 Å². The first-order chi connectivity index (χ1) is 9.21. The van der Waals surface area contributed by atoms with E-state index in [1.54, 1.807) is 36.2 Å². The predicted molar refractivity (Wildman–Crippen MR) is 82.0 cm³/mol. The lowest BCUT2D eigenvalue weighted by Crippen LogP contribution is -2.49. The van der Waals surface area contributed by atoms with E-state index in [0.717, 1.165) is 5.75 Å². The number of nitrogens with two attached hydrogens (primary N) is 1. The second-order valence-electron chi connectivity index (χ2n) is 5.91. The van der Waals surface area contributed by atoms with Gasteiger partial charge in [-0.2, -0.15) is 0 Å². The highest BCUT2D eigenvalue weighted by Crippen LogP contribution is 2.19. The third-order valence-corrected chi connectivity index (χ3v) is 3.34. The van der Waals surface area contributed by atoms with Gasteiger partial charge in [-0.3, -0.25) is 4.79 Å². The number of hydrogen-bond acceptors (Lipinski definition) is 3. The highest BCUT2D eigenvalue weighted by Gasteiger charge is 2.29. The predicted octanol–water partition coefficient (Wildman–Crippen LogP) is 2.55. The van der Waals surface area contributed by atoms with Crippen LogP contribution in [0.2, 0.25) is 5.02 Å². The van der Waals surface area contributed by atoms with Crippen molar-refractivity contribution >= 4 is 17.5 Å². The molecular formula is C15H23ClN2O2. The van der Waals surface area contributed by atoms with Crippen molar-refractivity contribution in [3.8, 4) is 5.75 Å². The Bertz CT molecular complexity index is 440. The lowest BCUT2D eigenvalue weighted by Gasteiger charge is -2.29. The molecule has 0 bridgehead atoms. The maximum absolute atomic E-state index is 12.1. The SMILES string of the molecule is CN(CCOc1ccc(Cl)cc1)C(=O)C(N)C(C)(C)C. The molecule has 1 rings (SSSR count). The van der Waals surface area contributed by atoms with Crippen LogP contribution >= 0.6 is 11.6 Å². The molecule has 0 spiro atoms. The van der Waals surface area contributed by atoms with Crippen molar-refractivity contribution in [3.63, 3.8) is 0 Å². The van der Waals surface area contributed by atoms with Gasteiger partial charge in [0.25, 0.3) is 0 Å². The molecule has 1 amide bonds. The van der Waals surface area contributed by atoms with E-state index in [1.165, 1.54) is 0 Å². The van der Waals surface area contributed by atoms with Crippen LogP contribution in [0.5, 0.6) is 5.75 Å². The third-order valence-electron chi connectivity index (χ3n) is 3.08. The van der Waals surface area contributed by atoms with E-state index in [1.807, 2.05) is 20.8 Å². The second kappa shape index (κ2) is 6.95. The van der Waals surface area contributed by atoms with Crippen molar-refractivity contribution in [1.29, 1.82) is 0 Å². The van der Waals surface area contributed by atoms with Gasteiger partial charge in [0.05, 0.1) is 12.6 Å². The standard InChI is InChI=1S/C15H23ClN2O2/c1-15(2,3)13(17)14(19)18(4)9-10-20-12-7-5-11(16)6-8-12/h5-8,13H,9-10,17H2,1-4H3. The summed E-state index contributed by atoms with van der Waals surface area (Å²) in [4.78, 5) is 13.7.